The van der Waals surface area contributed by atoms with Gasteiger partial charge in [-0.1, -0.05) is 35.9 Å². The van der Waals surface area contributed by atoms with Gasteiger partial charge in [-0.05, 0) is 62.7 Å². The lowest BCUT2D eigenvalue weighted by Crippen LogP contribution is -2.49. The summed E-state index contributed by atoms with van der Waals surface area (Å²) in [7, 11) is -3.50. The Labute approximate surface area is 200 Å². The topological polar surface area (TPSA) is 63.4 Å². The summed E-state index contributed by atoms with van der Waals surface area (Å²) in [6.07, 6.45) is 2.29. The van der Waals surface area contributed by atoms with Gasteiger partial charge in [-0.3, -0.25) is 9.47 Å². The highest BCUT2D eigenvalue weighted by molar-refractivity contribution is 7.89. The molecule has 2 aliphatic rings. The summed E-state index contributed by atoms with van der Waals surface area (Å²) >= 11 is 5.81. The maximum atomic E-state index is 13.2. The smallest absolute Gasteiger partial charge is 0.243 e. The van der Waals surface area contributed by atoms with Crippen LogP contribution in [-0.4, -0.2) is 58.1 Å². The van der Waals surface area contributed by atoms with Gasteiger partial charge in [0.15, 0.2) is 0 Å². The van der Waals surface area contributed by atoms with E-state index in [1.165, 1.54) is 0 Å². The summed E-state index contributed by atoms with van der Waals surface area (Å²) in [6, 6.07) is 15.7. The largest absolute Gasteiger partial charge is 0.282 e. The minimum Gasteiger partial charge on any atom is -0.282 e. The SMILES string of the molecule is Cc1ccc(S(=O)(=O)N2CCN(Cn3nc(C4CC4)n(-c4ccccc4)c3=S)CC2)c(C)c1. The molecule has 1 saturated heterocycles. The Hall–Kier alpha value is -2.33. The van der Waals surface area contributed by atoms with Crippen LogP contribution in [0.15, 0.2) is 53.4 Å². The first-order chi connectivity index (χ1) is 15.8. The van der Waals surface area contributed by atoms with Crippen LogP contribution in [0.4, 0.5) is 0 Å². The number of rotatable bonds is 6. The zero-order valence-electron chi connectivity index (χ0n) is 19.0. The van der Waals surface area contributed by atoms with E-state index in [2.05, 4.69) is 21.6 Å². The van der Waals surface area contributed by atoms with E-state index in [9.17, 15) is 8.42 Å². The van der Waals surface area contributed by atoms with E-state index in [0.29, 0.717) is 48.4 Å². The highest BCUT2D eigenvalue weighted by atomic mass is 32.2. The highest BCUT2D eigenvalue weighted by Crippen LogP contribution is 2.40. The van der Waals surface area contributed by atoms with Gasteiger partial charge < -0.3 is 0 Å². The molecule has 1 saturated carbocycles. The molecule has 0 amide bonds. The predicted molar refractivity (Wildman–Crippen MR) is 131 cm³/mol. The predicted octanol–water partition coefficient (Wildman–Crippen LogP) is 3.86. The van der Waals surface area contributed by atoms with Crippen molar-refractivity contribution < 1.29 is 8.42 Å². The van der Waals surface area contributed by atoms with Gasteiger partial charge in [0.25, 0.3) is 0 Å². The first-order valence-corrected chi connectivity index (χ1v) is 13.2. The second kappa shape index (κ2) is 8.79. The van der Waals surface area contributed by atoms with Gasteiger partial charge in [-0.25, -0.2) is 13.1 Å². The third-order valence-electron chi connectivity index (χ3n) is 6.43. The number of nitrogens with zero attached hydrogens (tertiary/aromatic N) is 5. The summed E-state index contributed by atoms with van der Waals surface area (Å²) in [5.41, 5.74) is 2.90. The summed E-state index contributed by atoms with van der Waals surface area (Å²) in [5, 5.41) is 4.88. The minimum absolute atomic E-state index is 0.402. The Morgan fingerprint density at radius 1 is 1.00 bits per heavy atom. The van der Waals surface area contributed by atoms with Crippen molar-refractivity contribution in [3.63, 3.8) is 0 Å². The van der Waals surface area contributed by atoms with Gasteiger partial charge in [-0.15, -0.1) is 0 Å². The number of piperazine rings is 1. The van der Waals surface area contributed by atoms with E-state index in [1.54, 1.807) is 10.4 Å². The molecule has 2 aromatic carbocycles. The maximum Gasteiger partial charge on any atom is 0.243 e. The number of sulfonamides is 1. The molecule has 0 radical (unpaired) electrons. The third kappa shape index (κ3) is 4.42. The second-order valence-corrected chi connectivity index (χ2v) is 11.3. The molecular weight excluding hydrogens is 454 g/mol. The van der Waals surface area contributed by atoms with Crippen molar-refractivity contribution in [2.75, 3.05) is 26.2 Å². The molecule has 7 nitrogen and oxygen atoms in total. The van der Waals surface area contributed by atoms with Gasteiger partial charge in [0.05, 0.1) is 11.6 Å². The van der Waals surface area contributed by atoms with Crippen LogP contribution < -0.4 is 0 Å². The molecule has 5 rings (SSSR count). The number of hydrogen-bond acceptors (Lipinski definition) is 5. The summed E-state index contributed by atoms with van der Waals surface area (Å²) in [5.74, 6) is 1.50. The van der Waals surface area contributed by atoms with E-state index >= 15 is 0 Å². The standard InChI is InChI=1S/C24H29N5O2S2/c1-18-8-11-22(19(2)16-18)33(30,31)27-14-12-26(13-15-27)17-28-24(32)29(21-6-4-3-5-7-21)23(25-28)20-9-10-20/h3-8,11,16,20H,9-10,12-15,17H2,1-2H3. The van der Waals surface area contributed by atoms with Crippen LogP contribution >= 0.6 is 12.2 Å². The summed E-state index contributed by atoms with van der Waals surface area (Å²) < 4.78 is 32.7. The summed E-state index contributed by atoms with van der Waals surface area (Å²) in [4.78, 5) is 2.63. The van der Waals surface area contributed by atoms with Crippen LogP contribution in [0.2, 0.25) is 0 Å². The fourth-order valence-corrected chi connectivity index (χ4v) is 6.40. The lowest BCUT2D eigenvalue weighted by molar-refractivity contribution is 0.144. The minimum atomic E-state index is -3.50. The molecule has 2 fully saturated rings. The van der Waals surface area contributed by atoms with Gasteiger partial charge in [0.1, 0.15) is 5.82 Å². The van der Waals surface area contributed by atoms with E-state index in [-0.39, 0.29) is 0 Å². The van der Waals surface area contributed by atoms with Crippen molar-refractivity contribution in [3.8, 4) is 5.69 Å². The molecule has 2 heterocycles. The van der Waals surface area contributed by atoms with Gasteiger partial charge in [0, 0.05) is 37.8 Å². The first kappa shape index (κ1) is 22.5. The van der Waals surface area contributed by atoms with Crippen LogP contribution in [0, 0.1) is 18.6 Å². The van der Waals surface area contributed by atoms with E-state index in [1.807, 2.05) is 48.9 Å². The maximum absolute atomic E-state index is 13.2. The Morgan fingerprint density at radius 3 is 2.33 bits per heavy atom. The number of aromatic nitrogens is 3. The van der Waals surface area contributed by atoms with Crippen molar-refractivity contribution in [2.24, 2.45) is 0 Å². The number of benzene rings is 2. The van der Waals surface area contributed by atoms with Gasteiger partial charge >= 0.3 is 0 Å². The normalized spacial score (nSPS) is 18.0. The summed E-state index contributed by atoms with van der Waals surface area (Å²) in [6.45, 7) is 6.59. The zero-order chi connectivity index (χ0) is 23.2. The fourth-order valence-electron chi connectivity index (χ4n) is 4.47. The third-order valence-corrected chi connectivity index (χ3v) is 8.89. The fraction of sp³-hybridized carbons (Fsp3) is 0.417. The lowest BCUT2D eigenvalue weighted by Gasteiger charge is -2.34. The molecule has 1 aliphatic heterocycles. The van der Waals surface area contributed by atoms with Crippen molar-refractivity contribution in [1.29, 1.82) is 0 Å². The molecule has 9 heteroatoms. The Balaban J connectivity index is 1.31. The highest BCUT2D eigenvalue weighted by Gasteiger charge is 2.32. The average molecular weight is 484 g/mol. The van der Waals surface area contributed by atoms with Gasteiger partial charge in [-0.2, -0.15) is 9.40 Å². The molecular formula is C24H29N5O2S2. The van der Waals surface area contributed by atoms with Crippen molar-refractivity contribution >= 4 is 22.2 Å². The average Bonchev–Trinajstić information content (AvgIpc) is 3.59. The van der Waals surface area contributed by atoms with Crippen molar-refractivity contribution in [3.05, 3.63) is 70.3 Å². The van der Waals surface area contributed by atoms with Crippen molar-refractivity contribution in [1.82, 2.24) is 23.6 Å². The van der Waals surface area contributed by atoms with Crippen LogP contribution in [0.1, 0.15) is 35.7 Å². The number of hydrogen-bond donors (Lipinski definition) is 0. The van der Waals surface area contributed by atoms with Crippen LogP contribution in [0.5, 0.6) is 0 Å². The van der Waals surface area contributed by atoms with E-state index in [4.69, 9.17) is 17.3 Å². The van der Waals surface area contributed by atoms with Crippen molar-refractivity contribution in [2.45, 2.75) is 44.2 Å². The number of para-hydroxylation sites is 1. The zero-order valence-corrected chi connectivity index (χ0v) is 20.6. The van der Waals surface area contributed by atoms with E-state index in [0.717, 1.165) is 35.5 Å². The van der Waals surface area contributed by atoms with Crippen LogP contribution in [0.3, 0.4) is 0 Å². The molecule has 1 aromatic heterocycles. The quantitative estimate of drug-likeness (QED) is 0.498. The Bertz CT molecular complexity index is 1320. The monoisotopic (exact) mass is 483 g/mol. The molecule has 1 aliphatic carbocycles. The molecule has 174 valence electrons. The van der Waals surface area contributed by atoms with Crippen LogP contribution in [-0.2, 0) is 16.7 Å². The lowest BCUT2D eigenvalue weighted by atomic mass is 10.2. The first-order valence-electron chi connectivity index (χ1n) is 11.4. The molecule has 0 spiro atoms. The molecule has 0 atom stereocenters. The second-order valence-electron chi connectivity index (χ2n) is 9.02. The Kier molecular flexibility index (Phi) is 5.98. The Morgan fingerprint density at radius 2 is 1.70 bits per heavy atom. The van der Waals surface area contributed by atoms with Gasteiger partial charge in [0.2, 0.25) is 14.8 Å². The molecule has 0 N–H and O–H groups in total. The number of aryl methyl sites for hydroxylation is 2. The molecule has 0 unspecified atom stereocenters. The van der Waals surface area contributed by atoms with Crippen LogP contribution in [0.25, 0.3) is 5.69 Å². The van der Waals surface area contributed by atoms with E-state index < -0.39 is 10.0 Å². The molecule has 0 bridgehead atoms. The molecule has 3 aromatic rings. The molecule has 33 heavy (non-hydrogen) atoms.